The molecule has 0 aromatic heterocycles. The van der Waals surface area contributed by atoms with E-state index >= 15 is 0 Å². The van der Waals surface area contributed by atoms with Crippen LogP contribution in [0.15, 0.2) is 36.4 Å². The number of halogens is 1. The molecule has 0 saturated carbocycles. The molecule has 246 valence electrons. The molecule has 1 aliphatic heterocycles. The number of nitrogens with two attached hydrogens (primary N) is 2. The van der Waals surface area contributed by atoms with Gasteiger partial charge in [0.05, 0.1) is 18.1 Å². The first-order valence-corrected chi connectivity index (χ1v) is 14.1. The highest BCUT2D eigenvalue weighted by atomic mass is 19.1. The second-order valence-electron chi connectivity index (χ2n) is 12.4. The summed E-state index contributed by atoms with van der Waals surface area (Å²) >= 11 is 0. The van der Waals surface area contributed by atoms with Crippen LogP contribution < -0.4 is 21.7 Å². The number of hydrogen-bond donors (Lipinski definition) is 6. The molecule has 14 heteroatoms. The summed E-state index contributed by atoms with van der Waals surface area (Å²) in [5.41, 5.74) is 10.9. The minimum atomic E-state index is -1.26. The monoisotopic (exact) mass is 623 g/mol. The van der Waals surface area contributed by atoms with Crippen LogP contribution in [0.5, 0.6) is 0 Å². The number of carbonyl (C=O) groups excluding carboxylic acids is 3. The van der Waals surface area contributed by atoms with Crippen molar-refractivity contribution in [3.63, 3.8) is 0 Å². The van der Waals surface area contributed by atoms with Crippen molar-refractivity contribution in [2.45, 2.75) is 65.6 Å². The van der Waals surface area contributed by atoms with Gasteiger partial charge in [0.1, 0.15) is 5.82 Å². The molecule has 0 unspecified atom stereocenters. The van der Waals surface area contributed by atoms with Crippen LogP contribution in [0.4, 0.5) is 10.1 Å². The maximum Gasteiger partial charge on any atom is 0.328 e. The predicted molar refractivity (Wildman–Crippen MR) is 162 cm³/mol. The largest absolute Gasteiger partial charge is 0.478 e. The summed E-state index contributed by atoms with van der Waals surface area (Å²) in [6.07, 6.45) is 0.267. The van der Waals surface area contributed by atoms with Gasteiger partial charge in [-0.3, -0.25) is 19.3 Å². The summed E-state index contributed by atoms with van der Waals surface area (Å²) in [4.78, 5) is 59.9. The summed E-state index contributed by atoms with van der Waals surface area (Å²) in [5, 5.41) is 29.3. The molecule has 44 heavy (non-hydrogen) atoms. The molecule has 2 rings (SSSR count). The lowest BCUT2D eigenvalue weighted by Crippen LogP contribution is -2.64. The van der Waals surface area contributed by atoms with Crippen molar-refractivity contribution in [2.75, 3.05) is 31.1 Å². The van der Waals surface area contributed by atoms with Crippen LogP contribution in [0.1, 0.15) is 48.0 Å². The van der Waals surface area contributed by atoms with E-state index in [2.05, 4.69) is 5.32 Å². The van der Waals surface area contributed by atoms with Gasteiger partial charge in [-0.2, -0.15) is 0 Å². The first-order valence-electron chi connectivity index (χ1n) is 14.1. The summed E-state index contributed by atoms with van der Waals surface area (Å²) < 4.78 is 13.7. The number of aliphatic hydroxyl groups is 1. The lowest BCUT2D eigenvalue weighted by atomic mass is 9.86. The Balaban J connectivity index is 0.00000106. The number of carbonyl (C=O) groups is 5. The predicted octanol–water partition coefficient (Wildman–Crippen LogP) is 0.943. The third-order valence-electron chi connectivity index (χ3n) is 7.45. The Bertz CT molecular complexity index is 1200. The zero-order valence-electron chi connectivity index (χ0n) is 26.1. The lowest BCUT2D eigenvalue weighted by molar-refractivity contribution is -0.134. The number of nitrogens with one attached hydrogen (secondary N) is 1. The third-order valence-corrected chi connectivity index (χ3v) is 7.45. The Morgan fingerprint density at radius 2 is 1.70 bits per heavy atom. The number of rotatable bonds is 13. The highest BCUT2D eigenvalue weighted by Crippen LogP contribution is 2.28. The van der Waals surface area contributed by atoms with E-state index in [4.69, 9.17) is 21.7 Å². The Morgan fingerprint density at radius 1 is 1.14 bits per heavy atom. The van der Waals surface area contributed by atoms with Gasteiger partial charge in [-0.25, -0.2) is 14.0 Å². The normalized spacial score (nSPS) is 17.4. The van der Waals surface area contributed by atoms with Crippen LogP contribution in [0.3, 0.4) is 0 Å². The number of carboxylic acids is 2. The van der Waals surface area contributed by atoms with E-state index in [-0.39, 0.29) is 43.8 Å². The highest BCUT2D eigenvalue weighted by Gasteiger charge is 2.40. The molecule has 1 heterocycles. The molecule has 0 radical (unpaired) electrons. The Morgan fingerprint density at radius 3 is 2.18 bits per heavy atom. The van der Waals surface area contributed by atoms with E-state index in [1.54, 1.807) is 30.9 Å². The summed E-state index contributed by atoms with van der Waals surface area (Å²) in [7, 11) is 0. The second kappa shape index (κ2) is 16.3. The van der Waals surface area contributed by atoms with E-state index in [1.807, 2.05) is 32.6 Å². The van der Waals surface area contributed by atoms with Crippen LogP contribution in [-0.2, 0) is 24.0 Å². The Labute approximate surface area is 257 Å². The number of anilines is 1. The summed E-state index contributed by atoms with van der Waals surface area (Å²) in [6, 6.07) is 5.23. The van der Waals surface area contributed by atoms with Crippen LogP contribution in [0, 0.1) is 23.1 Å². The molecule has 1 saturated heterocycles. The van der Waals surface area contributed by atoms with E-state index in [0.29, 0.717) is 24.4 Å². The van der Waals surface area contributed by atoms with Crippen LogP contribution in [0.2, 0.25) is 0 Å². The molecule has 8 N–H and O–H groups in total. The topological polar surface area (TPSA) is 217 Å². The molecular weight excluding hydrogens is 577 g/mol. The number of primary amides is 1. The van der Waals surface area contributed by atoms with E-state index in [9.17, 15) is 33.5 Å². The quantitative estimate of drug-likeness (QED) is 0.171. The number of piperazine rings is 1. The standard InChI is InChI=1S/C26H42FN5O4.C4H4O4/c1-16(2)19(23(35)30-14-25(3,4)24(29)36)11-21(33)20(28)12-31-13-22(34)32(15-26(31,5)6)18-9-7-8-17(27)10-18;5-3(6)1-2-4(7)8/h7-10,16,19-21,33H,11-15,28H2,1-6H3,(H2,29,36)(H,30,35);1-2H,(H,5,6)(H,7,8)/b;2-1+/t19-,20-,21-;/m0./s1. The zero-order chi connectivity index (χ0) is 34.0. The van der Waals surface area contributed by atoms with Crippen molar-refractivity contribution in [1.29, 1.82) is 0 Å². The fourth-order valence-corrected chi connectivity index (χ4v) is 4.39. The van der Waals surface area contributed by atoms with Crippen molar-refractivity contribution >= 4 is 35.3 Å². The molecule has 3 atom stereocenters. The summed E-state index contributed by atoms with van der Waals surface area (Å²) in [6.45, 7) is 11.8. The fraction of sp³-hybridized carbons (Fsp3) is 0.567. The van der Waals surface area contributed by atoms with Crippen LogP contribution in [-0.4, -0.2) is 93.7 Å². The summed E-state index contributed by atoms with van der Waals surface area (Å²) in [5.74, 6) is -4.48. The molecule has 0 aliphatic carbocycles. The van der Waals surface area contributed by atoms with Crippen LogP contribution in [0.25, 0.3) is 0 Å². The van der Waals surface area contributed by atoms with Gasteiger partial charge in [0.25, 0.3) is 0 Å². The molecule has 0 bridgehead atoms. The van der Waals surface area contributed by atoms with Crippen molar-refractivity contribution in [2.24, 2.45) is 28.7 Å². The minimum absolute atomic E-state index is 0.0697. The number of benzene rings is 1. The van der Waals surface area contributed by atoms with Crippen LogP contribution >= 0.6 is 0 Å². The molecule has 1 aromatic rings. The number of aliphatic carboxylic acids is 2. The lowest BCUT2D eigenvalue weighted by Gasteiger charge is -2.47. The number of hydrogen-bond acceptors (Lipinski definition) is 8. The van der Waals surface area contributed by atoms with Crippen molar-refractivity contribution in [1.82, 2.24) is 10.2 Å². The maximum atomic E-state index is 13.7. The molecule has 3 amide bonds. The number of nitrogens with zero attached hydrogens (tertiary/aromatic N) is 2. The van der Waals surface area contributed by atoms with E-state index < -0.39 is 52.7 Å². The molecule has 0 spiro atoms. The molecule has 1 aliphatic rings. The van der Waals surface area contributed by atoms with Gasteiger partial charge in [0.15, 0.2) is 0 Å². The number of carboxylic acid groups (broad SMARTS) is 2. The highest BCUT2D eigenvalue weighted by molar-refractivity contribution is 5.96. The maximum absolute atomic E-state index is 13.7. The van der Waals surface area contributed by atoms with Gasteiger partial charge < -0.3 is 37.0 Å². The fourth-order valence-electron chi connectivity index (χ4n) is 4.39. The molecule has 1 fully saturated rings. The Hall–Kier alpha value is -3.88. The van der Waals surface area contributed by atoms with Crippen molar-refractivity contribution < 1.29 is 43.7 Å². The van der Waals surface area contributed by atoms with Gasteiger partial charge in [-0.15, -0.1) is 0 Å². The smallest absolute Gasteiger partial charge is 0.328 e. The molecule has 1 aromatic carbocycles. The van der Waals surface area contributed by atoms with E-state index in [1.165, 1.54) is 12.1 Å². The minimum Gasteiger partial charge on any atom is -0.478 e. The van der Waals surface area contributed by atoms with Gasteiger partial charge in [0.2, 0.25) is 17.7 Å². The SMILES string of the molecule is CC(C)[C@H](C[C@H](O)[C@@H](N)CN1CC(=O)N(c2cccc(F)c2)CC1(C)C)C(=O)NCC(C)(C)C(N)=O.O=C(O)/C=C/C(=O)O. The molecule has 13 nitrogen and oxygen atoms in total. The van der Waals surface area contributed by atoms with Gasteiger partial charge in [-0.1, -0.05) is 19.9 Å². The van der Waals surface area contributed by atoms with Crippen molar-refractivity contribution in [3.05, 3.63) is 42.2 Å². The van der Waals surface area contributed by atoms with Gasteiger partial charge >= 0.3 is 11.9 Å². The number of aliphatic hydroxyl groups excluding tert-OH is 1. The van der Waals surface area contributed by atoms with Gasteiger partial charge in [-0.05, 0) is 58.2 Å². The third kappa shape index (κ3) is 12.0. The Kier molecular flexibility index (Phi) is 14.1. The average Bonchev–Trinajstić information content (AvgIpc) is 2.91. The second-order valence-corrected chi connectivity index (χ2v) is 12.4. The number of amides is 3. The van der Waals surface area contributed by atoms with Gasteiger partial charge in [0, 0.05) is 55.0 Å². The molecular formula is C30H46FN5O8. The van der Waals surface area contributed by atoms with Crippen molar-refractivity contribution in [3.8, 4) is 0 Å². The first kappa shape index (κ1) is 38.1. The zero-order valence-corrected chi connectivity index (χ0v) is 26.1. The average molecular weight is 624 g/mol. The van der Waals surface area contributed by atoms with E-state index in [0.717, 1.165) is 0 Å². The first-order chi connectivity index (χ1) is 20.2.